The van der Waals surface area contributed by atoms with Crippen LogP contribution < -0.4 is 61.2 Å². The topological polar surface area (TPSA) is 455 Å². The number of benzene rings is 8. The molecular weight excluding hydrogens is 2080 g/mol. The molecule has 4 aliphatic carbocycles. The molecule has 20 atom stereocenters. The molecule has 4 aliphatic heterocycles. The third-order valence-electron chi connectivity index (χ3n) is 26.7. The lowest BCUT2D eigenvalue weighted by Crippen LogP contribution is -2.52. The fraction of sp³-hybridized carbons (Fsp3) is 0.278. The summed E-state index contributed by atoms with van der Waals surface area (Å²) in [6.45, 7) is 0.284. The molecule has 696 valence electrons. The van der Waals surface area contributed by atoms with Crippen LogP contribution in [0.4, 0.5) is 0 Å². The van der Waals surface area contributed by atoms with Gasteiger partial charge >= 0.3 is 5.97 Å². The van der Waals surface area contributed by atoms with Crippen molar-refractivity contribution >= 4 is 134 Å². The number of halogens is 9. The van der Waals surface area contributed by atoms with Gasteiger partial charge in [0.2, 0.25) is 29.4 Å². The van der Waals surface area contributed by atoms with Gasteiger partial charge in [-0.1, -0.05) is 287 Å². The number of aliphatic hydroxyl groups excluding tert-OH is 4. The van der Waals surface area contributed by atoms with E-state index in [4.69, 9.17) is 101 Å². The van der Waals surface area contributed by atoms with Crippen LogP contribution in [-0.4, -0.2) is 144 Å². The van der Waals surface area contributed by atoms with Gasteiger partial charge in [-0.15, -0.1) is 12.4 Å². The Hall–Kier alpha value is -9.37. The van der Waals surface area contributed by atoms with E-state index in [-0.39, 0.29) is 117 Å². The average Bonchev–Trinajstić information content (AvgIpc) is 1.51. The highest BCUT2D eigenvalue weighted by atomic mass is 79.9. The van der Waals surface area contributed by atoms with Gasteiger partial charge in [0.25, 0.3) is 0 Å². The molecule has 4 saturated carbocycles. The normalized spacial score (nSPS) is 29.5. The van der Waals surface area contributed by atoms with Crippen molar-refractivity contribution in [2.24, 2.45) is 40.9 Å². The molecule has 12 aromatic rings. The third kappa shape index (κ3) is 14.9. The van der Waals surface area contributed by atoms with Gasteiger partial charge in [0.1, 0.15) is 55.8 Å². The number of ether oxygens (including phenoxy) is 8. The minimum Gasteiger partial charge on any atom is -0.481 e. The minimum atomic E-state index is -2.21. The number of nitrogens with zero attached hydrogens (tertiary/aromatic N) is 4. The Morgan fingerprint density at radius 3 is 0.797 bits per heavy atom. The van der Waals surface area contributed by atoms with E-state index >= 15 is 0 Å². The van der Waals surface area contributed by atoms with Gasteiger partial charge in [-0.2, -0.15) is 0 Å². The Kier molecular flexibility index (Phi) is 28.4. The third-order valence-corrected chi connectivity index (χ3v) is 29.6. The predicted molar refractivity (Wildman–Crippen MR) is 513 cm³/mol. The molecular formula is C97H91Br4Cl5N8O19. The van der Waals surface area contributed by atoms with Crippen molar-refractivity contribution in [2.45, 2.75) is 100 Å². The molecule has 0 radical (unpaired) electrons. The molecule has 0 spiro atoms. The number of methoxy groups -OCH3 is 4. The Morgan fingerprint density at radius 1 is 0.368 bits per heavy atom. The zero-order chi connectivity index (χ0) is 92.4. The summed E-state index contributed by atoms with van der Waals surface area (Å²) in [5.41, 5.74) is 10.2. The molecule has 18 N–H and O–H groups in total. The van der Waals surface area contributed by atoms with E-state index in [0.29, 0.717) is 44.9 Å². The van der Waals surface area contributed by atoms with Crippen molar-refractivity contribution in [1.29, 1.82) is 0 Å². The largest absolute Gasteiger partial charge is 0.481 e. The van der Waals surface area contributed by atoms with Crippen LogP contribution in [0, 0.1) is 23.7 Å². The van der Waals surface area contributed by atoms with Crippen LogP contribution in [0.1, 0.15) is 97.9 Å². The van der Waals surface area contributed by atoms with Gasteiger partial charge in [0.15, 0.2) is 44.8 Å². The van der Waals surface area contributed by atoms with Crippen LogP contribution in [0.15, 0.2) is 261 Å². The Morgan fingerprint density at radius 2 is 0.579 bits per heavy atom. The quantitative estimate of drug-likeness (QED) is 0.0400. The van der Waals surface area contributed by atoms with Gasteiger partial charge in [-0.3, -0.25) is 9.59 Å². The van der Waals surface area contributed by atoms with Crippen molar-refractivity contribution in [3.63, 3.8) is 0 Å². The van der Waals surface area contributed by atoms with Crippen LogP contribution in [0.25, 0.3) is 0 Å². The highest BCUT2D eigenvalue weighted by molar-refractivity contribution is 9.11. The number of aliphatic carboxylic acids is 1. The Labute approximate surface area is 824 Å². The molecule has 4 aromatic heterocycles. The van der Waals surface area contributed by atoms with E-state index in [1.807, 2.05) is 140 Å². The first-order valence-electron chi connectivity index (χ1n) is 40.8. The number of rotatable bonds is 16. The van der Waals surface area contributed by atoms with E-state index in [0.717, 1.165) is 29.0 Å². The molecule has 0 unspecified atom stereocenters. The number of aromatic nitrogens is 4. The number of hydrogen-bond donors (Lipinski definition) is 13. The summed E-state index contributed by atoms with van der Waals surface area (Å²) in [7, 11) is 5.62. The maximum atomic E-state index is 12.7. The molecule has 0 saturated heterocycles. The lowest BCUT2D eigenvalue weighted by molar-refractivity contribution is -0.159. The summed E-state index contributed by atoms with van der Waals surface area (Å²) < 4.78 is 51.5. The average molecular weight is 2170 g/mol. The summed E-state index contributed by atoms with van der Waals surface area (Å²) >= 11 is 38.6. The lowest BCUT2D eigenvalue weighted by atomic mass is 9.71. The van der Waals surface area contributed by atoms with Gasteiger partial charge < -0.3 is 107 Å². The summed E-state index contributed by atoms with van der Waals surface area (Å²) in [5, 5.41) is 107. The molecule has 8 aliphatic rings. The number of aliphatic hydroxyl groups is 8. The highest BCUT2D eigenvalue weighted by Crippen LogP contribution is 2.75. The number of primary amides is 1. The molecule has 8 heterocycles. The standard InChI is InChI=1S/C24H20BrClN2O5.2C24H22BrClN2O4.C24H19BrClNO6.CH4.ClH.H3N/c1-32-22-19-15(11-16(26)28-22)33-24(13-7-9-14(25)10-8-13)18(12-5-3-2-4-6-12)17(21(27)30)20(29)23(19,24)31;2*1-31-22-20-17(11-18(26)28-22)32-24(14-7-9-15(25)10-8-14)19(13-5-3-2-4-6-13)16(12-27)21(29)23(20,24)30;1-32-21-19-15(11-16(26)27-21)33-24(13-7-9-14(25)10-8-13)18(12-5-3-2-4-6-12)17(22(29)30)20(28)23(19,24)31;;;/h2-11,17-18,20,29,31H,1H3,(H2,27,30);2*2-11,16,19,21,29-30H,12,27H2,1H3;2-11,17-18,20,28,31H,1H3,(H,29,30);1H4;1H;1H3/t17-,18-,20-,23+,24+;2*16-,19-,21-,23+,24+;17-,18-,20-,23+,24+;;;/m1111.../s1. The maximum Gasteiger partial charge on any atom is 0.310 e. The van der Waals surface area contributed by atoms with Crippen LogP contribution in [0.3, 0.4) is 0 Å². The molecule has 133 heavy (non-hydrogen) atoms. The van der Waals surface area contributed by atoms with Crippen molar-refractivity contribution in [2.75, 3.05) is 41.5 Å². The van der Waals surface area contributed by atoms with Gasteiger partial charge in [-0.25, -0.2) is 19.9 Å². The van der Waals surface area contributed by atoms with Crippen LogP contribution in [0.2, 0.25) is 20.6 Å². The zero-order valence-electron chi connectivity index (χ0n) is 70.2. The van der Waals surface area contributed by atoms with Crippen LogP contribution in [-0.2, 0) is 54.4 Å². The van der Waals surface area contributed by atoms with E-state index in [2.05, 4.69) is 83.7 Å². The van der Waals surface area contributed by atoms with E-state index in [1.54, 1.807) is 91.0 Å². The van der Waals surface area contributed by atoms with Gasteiger partial charge in [0, 0.05) is 77.7 Å². The first-order valence-corrected chi connectivity index (χ1v) is 45.5. The SMILES string of the molecule is C.COc1nc(Cl)cc2c1[C@]1(O)[C@H](O)[C@H](C(=O)O)[C@@H](c3ccccc3)[C@]1(c1ccc(Br)cc1)O2.COc1nc(Cl)cc2c1[C@]1(O)[C@H](O)[C@H](C(N)=O)[C@@H](c3ccccc3)[C@]1(c1ccc(Br)cc1)O2.COc1nc(Cl)cc2c1[C@]1(O)[C@H](O)[C@H](CN)[C@@H](c3ccccc3)[C@]1(c1ccc(Br)cc1)O2.COc1nc(Cl)cc2c1[C@]1(O)[C@H](O)[C@H](CN)[C@@H](c3ccccc3)[C@]1(c1ccc(Br)cc1)O2.Cl.N. The first kappa shape index (κ1) is 99.6. The van der Waals surface area contributed by atoms with E-state index in [1.165, 1.54) is 40.6 Å². The van der Waals surface area contributed by atoms with E-state index in [9.17, 15) is 55.5 Å². The maximum absolute atomic E-state index is 12.7. The second-order valence-corrected chi connectivity index (χ2v) is 37.9. The summed E-state index contributed by atoms with van der Waals surface area (Å²) in [4.78, 5) is 42.1. The van der Waals surface area contributed by atoms with Crippen LogP contribution >= 0.6 is 123 Å². The monoisotopic (exact) mass is 2160 g/mol. The van der Waals surface area contributed by atoms with Gasteiger partial charge in [0.05, 0.1) is 74.7 Å². The number of carboxylic acid groups (broad SMARTS) is 1. The molecule has 0 bridgehead atoms. The zero-order valence-corrected chi connectivity index (χ0v) is 80.4. The molecule has 8 aromatic carbocycles. The first-order chi connectivity index (χ1) is 62.3. The number of carbonyl (C=O) groups is 2. The molecule has 20 rings (SSSR count). The number of hydrogen-bond acceptors (Lipinski definition) is 25. The van der Waals surface area contributed by atoms with Crippen molar-refractivity contribution in [1.82, 2.24) is 26.1 Å². The number of carboxylic acids is 1. The fourth-order valence-electron chi connectivity index (χ4n) is 21.8. The minimum absolute atomic E-state index is 0. The lowest BCUT2D eigenvalue weighted by Gasteiger charge is -2.40. The molecule has 36 heteroatoms. The Bertz CT molecular complexity index is 5950. The number of pyridine rings is 4. The fourth-order valence-corrected chi connectivity index (χ4v) is 23.6. The highest BCUT2D eigenvalue weighted by Gasteiger charge is 2.82. The van der Waals surface area contributed by atoms with E-state index < -0.39 is 128 Å². The number of carbonyl (C=O) groups excluding carboxylic acids is 1. The van der Waals surface area contributed by atoms with Crippen molar-refractivity contribution in [3.05, 3.63) is 348 Å². The second-order valence-electron chi connectivity index (χ2n) is 32.7. The van der Waals surface area contributed by atoms with Crippen molar-refractivity contribution in [3.8, 4) is 46.5 Å². The summed E-state index contributed by atoms with van der Waals surface area (Å²) in [6.07, 6.45) is -5.87. The molecule has 4 fully saturated rings. The molecule has 27 nitrogen and oxygen atoms in total. The molecule has 1 amide bonds. The van der Waals surface area contributed by atoms with Gasteiger partial charge in [-0.05, 0) is 106 Å². The van der Waals surface area contributed by atoms with Crippen LogP contribution in [0.5, 0.6) is 46.5 Å². The predicted octanol–water partition coefficient (Wildman–Crippen LogP) is 15.7. The smallest absolute Gasteiger partial charge is 0.310 e. The number of fused-ring (bicyclic) bond motifs is 12. The van der Waals surface area contributed by atoms with Crippen molar-refractivity contribution < 1.29 is 93.4 Å². The number of amides is 1. The summed E-state index contributed by atoms with van der Waals surface area (Å²) in [6, 6.07) is 72.5. The summed E-state index contributed by atoms with van der Waals surface area (Å²) in [5.74, 6) is -7.14. The Balaban J connectivity index is 0.000000141. The second kappa shape index (κ2) is 38.0. The number of nitrogens with two attached hydrogens (primary N) is 3.